The molecule has 34 heavy (non-hydrogen) atoms. The van der Waals surface area contributed by atoms with Gasteiger partial charge in [-0.15, -0.1) is 0 Å². The van der Waals surface area contributed by atoms with E-state index in [1.165, 1.54) is 22.4 Å². The number of rotatable bonds is 4. The van der Waals surface area contributed by atoms with Gasteiger partial charge in [0, 0.05) is 11.3 Å². The smallest absolute Gasteiger partial charge is 0.300 e. The number of fused-ring (bicyclic) bond motifs is 1. The van der Waals surface area contributed by atoms with Crippen molar-refractivity contribution in [3.05, 3.63) is 100 Å². The molecule has 1 aliphatic carbocycles. The first kappa shape index (κ1) is 22.0. The molecule has 0 saturated carbocycles. The Morgan fingerprint density at radius 2 is 1.68 bits per heavy atom. The van der Waals surface area contributed by atoms with Crippen molar-refractivity contribution in [1.82, 2.24) is 0 Å². The fourth-order valence-corrected chi connectivity index (χ4v) is 5.03. The van der Waals surface area contributed by atoms with E-state index in [4.69, 9.17) is 4.74 Å². The molecule has 1 unspecified atom stereocenters. The predicted molar refractivity (Wildman–Crippen MR) is 132 cm³/mol. The molecule has 3 aromatic rings. The number of ether oxygens (including phenoxy) is 1. The number of Topliss-reactive ketones (excluding diaryl/α,β-unsaturated/α-hetero) is 1. The highest BCUT2D eigenvalue weighted by molar-refractivity contribution is 6.51. The van der Waals surface area contributed by atoms with E-state index < -0.39 is 17.7 Å². The van der Waals surface area contributed by atoms with Crippen LogP contribution in [0.3, 0.4) is 0 Å². The number of nitrogens with zero attached hydrogens (tertiary/aromatic N) is 1. The van der Waals surface area contributed by atoms with E-state index in [0.29, 0.717) is 17.0 Å². The number of aliphatic hydroxyl groups excluding tert-OH is 1. The van der Waals surface area contributed by atoms with Gasteiger partial charge >= 0.3 is 0 Å². The number of hydrogen-bond acceptors (Lipinski definition) is 4. The van der Waals surface area contributed by atoms with Crippen molar-refractivity contribution in [2.45, 2.75) is 38.6 Å². The van der Waals surface area contributed by atoms with Crippen LogP contribution in [0.25, 0.3) is 5.76 Å². The Morgan fingerprint density at radius 1 is 0.941 bits per heavy atom. The zero-order valence-electron chi connectivity index (χ0n) is 19.4. The van der Waals surface area contributed by atoms with Gasteiger partial charge in [-0.3, -0.25) is 14.5 Å². The maximum atomic E-state index is 13.4. The average Bonchev–Trinajstić information content (AvgIpc) is 3.13. The average molecular weight is 454 g/mol. The van der Waals surface area contributed by atoms with Gasteiger partial charge in [-0.2, -0.15) is 0 Å². The van der Waals surface area contributed by atoms with Crippen LogP contribution in [0.1, 0.15) is 46.7 Å². The molecule has 1 atom stereocenters. The maximum absolute atomic E-state index is 13.4. The molecule has 172 valence electrons. The molecule has 0 radical (unpaired) electrons. The highest BCUT2D eigenvalue weighted by Crippen LogP contribution is 2.43. The SMILES string of the molecule is COc1ccc(N2C(=O)C(=O)/C(=C(\O)c3ccc4c(c3)CCCC4)C2c2cccc(C)c2)cc1. The van der Waals surface area contributed by atoms with E-state index in [9.17, 15) is 14.7 Å². The highest BCUT2D eigenvalue weighted by atomic mass is 16.5. The van der Waals surface area contributed by atoms with Gasteiger partial charge in [0.25, 0.3) is 11.7 Å². The van der Waals surface area contributed by atoms with Crippen molar-refractivity contribution < 1.29 is 19.4 Å². The normalized spacial score (nSPS) is 19.2. The fourth-order valence-electron chi connectivity index (χ4n) is 5.03. The lowest BCUT2D eigenvalue weighted by Gasteiger charge is -2.26. The second kappa shape index (κ2) is 8.82. The summed E-state index contributed by atoms with van der Waals surface area (Å²) in [5.74, 6) is -0.815. The van der Waals surface area contributed by atoms with E-state index in [0.717, 1.165) is 30.4 Å². The van der Waals surface area contributed by atoms with Gasteiger partial charge in [-0.05, 0) is 79.6 Å². The Kier molecular flexibility index (Phi) is 5.70. The second-order valence-corrected chi connectivity index (χ2v) is 8.97. The first-order chi connectivity index (χ1) is 16.5. The summed E-state index contributed by atoms with van der Waals surface area (Å²) in [6.45, 7) is 1.96. The summed E-state index contributed by atoms with van der Waals surface area (Å²) < 4.78 is 5.25. The maximum Gasteiger partial charge on any atom is 0.300 e. The Labute approximate surface area is 199 Å². The number of hydrogen-bond donors (Lipinski definition) is 1. The van der Waals surface area contributed by atoms with Crippen molar-refractivity contribution >= 4 is 23.1 Å². The molecule has 0 spiro atoms. The summed E-state index contributed by atoms with van der Waals surface area (Å²) in [7, 11) is 1.58. The molecule has 0 aromatic heterocycles. The highest BCUT2D eigenvalue weighted by Gasteiger charge is 2.47. The van der Waals surface area contributed by atoms with Crippen molar-refractivity contribution in [3.8, 4) is 5.75 Å². The van der Waals surface area contributed by atoms with E-state index in [1.807, 2.05) is 49.4 Å². The summed E-state index contributed by atoms with van der Waals surface area (Å²) >= 11 is 0. The van der Waals surface area contributed by atoms with Crippen LogP contribution in [-0.4, -0.2) is 23.9 Å². The summed E-state index contributed by atoms with van der Waals surface area (Å²) in [5, 5.41) is 11.4. The van der Waals surface area contributed by atoms with Crippen LogP contribution in [0.4, 0.5) is 5.69 Å². The standard InChI is InChI=1S/C29H27NO4/c1-18-6-5-9-21(16-18)26-25(27(31)22-11-10-19-7-3-4-8-20(19)17-22)28(32)29(33)30(26)23-12-14-24(34-2)15-13-23/h5-6,9-17,26,31H,3-4,7-8H2,1-2H3/b27-25-. The molecule has 1 saturated heterocycles. The molecule has 5 rings (SSSR count). The van der Waals surface area contributed by atoms with Gasteiger partial charge in [0.2, 0.25) is 0 Å². The number of benzene rings is 3. The van der Waals surface area contributed by atoms with Crippen LogP contribution in [0.5, 0.6) is 5.75 Å². The fraction of sp³-hybridized carbons (Fsp3) is 0.241. The Balaban J connectivity index is 1.68. The first-order valence-electron chi connectivity index (χ1n) is 11.6. The Morgan fingerprint density at radius 3 is 2.38 bits per heavy atom. The zero-order chi connectivity index (χ0) is 23.8. The van der Waals surface area contributed by atoms with Gasteiger partial charge < -0.3 is 9.84 Å². The third-order valence-corrected chi connectivity index (χ3v) is 6.77. The minimum Gasteiger partial charge on any atom is -0.507 e. The lowest BCUT2D eigenvalue weighted by atomic mass is 9.88. The molecule has 0 bridgehead atoms. The minimum atomic E-state index is -0.732. The number of ketones is 1. The number of carbonyl (C=O) groups excluding carboxylic acids is 2. The summed E-state index contributed by atoms with van der Waals surface area (Å²) in [4.78, 5) is 28.1. The van der Waals surface area contributed by atoms with E-state index in [2.05, 4.69) is 0 Å². The third kappa shape index (κ3) is 3.77. The lowest BCUT2D eigenvalue weighted by molar-refractivity contribution is -0.132. The van der Waals surface area contributed by atoms with Crippen molar-refractivity contribution in [1.29, 1.82) is 0 Å². The van der Waals surface area contributed by atoms with Crippen LogP contribution in [0.15, 0.2) is 72.3 Å². The molecule has 5 nitrogen and oxygen atoms in total. The number of carbonyl (C=O) groups is 2. The zero-order valence-corrected chi connectivity index (χ0v) is 19.4. The number of methoxy groups -OCH3 is 1. The molecule has 1 amide bonds. The lowest BCUT2D eigenvalue weighted by Crippen LogP contribution is -2.29. The molecule has 1 N–H and O–H groups in total. The number of amides is 1. The molecule has 5 heteroatoms. The molecular formula is C29H27NO4. The van der Waals surface area contributed by atoms with Gasteiger partial charge in [0.15, 0.2) is 0 Å². The molecule has 1 heterocycles. The van der Waals surface area contributed by atoms with Crippen LogP contribution in [-0.2, 0) is 22.4 Å². The monoisotopic (exact) mass is 453 g/mol. The van der Waals surface area contributed by atoms with Crippen LogP contribution >= 0.6 is 0 Å². The van der Waals surface area contributed by atoms with Crippen molar-refractivity contribution in [3.63, 3.8) is 0 Å². The molecule has 1 aliphatic heterocycles. The van der Waals surface area contributed by atoms with E-state index in [1.54, 1.807) is 31.4 Å². The molecule has 2 aliphatic rings. The number of aliphatic hydroxyl groups is 1. The van der Waals surface area contributed by atoms with Gasteiger partial charge in [-0.1, -0.05) is 42.0 Å². The van der Waals surface area contributed by atoms with E-state index >= 15 is 0 Å². The molecular weight excluding hydrogens is 426 g/mol. The second-order valence-electron chi connectivity index (χ2n) is 8.97. The number of aryl methyl sites for hydroxylation is 3. The molecule has 1 fully saturated rings. The largest absolute Gasteiger partial charge is 0.507 e. The Hall–Kier alpha value is -3.86. The predicted octanol–water partition coefficient (Wildman–Crippen LogP) is 5.51. The van der Waals surface area contributed by atoms with E-state index in [-0.39, 0.29) is 11.3 Å². The van der Waals surface area contributed by atoms with Crippen molar-refractivity contribution in [2.75, 3.05) is 12.0 Å². The van der Waals surface area contributed by atoms with Gasteiger partial charge in [0.05, 0.1) is 18.7 Å². The van der Waals surface area contributed by atoms with Gasteiger partial charge in [-0.25, -0.2) is 0 Å². The third-order valence-electron chi connectivity index (χ3n) is 6.77. The summed E-state index contributed by atoms with van der Waals surface area (Å²) in [5.41, 5.74) is 5.52. The summed E-state index contributed by atoms with van der Waals surface area (Å²) in [6, 6.07) is 19.9. The number of anilines is 1. The van der Waals surface area contributed by atoms with Gasteiger partial charge in [0.1, 0.15) is 11.5 Å². The van der Waals surface area contributed by atoms with Crippen LogP contribution in [0, 0.1) is 6.92 Å². The minimum absolute atomic E-state index is 0.113. The Bertz CT molecular complexity index is 1310. The van der Waals surface area contributed by atoms with Crippen LogP contribution in [0.2, 0.25) is 0 Å². The van der Waals surface area contributed by atoms with Crippen molar-refractivity contribution in [2.24, 2.45) is 0 Å². The quantitative estimate of drug-likeness (QED) is 0.321. The summed E-state index contributed by atoms with van der Waals surface area (Å²) in [6.07, 6.45) is 4.26. The molecule has 3 aromatic carbocycles. The topological polar surface area (TPSA) is 66.8 Å². The van der Waals surface area contributed by atoms with Crippen LogP contribution < -0.4 is 9.64 Å². The first-order valence-corrected chi connectivity index (χ1v) is 11.6.